The third kappa shape index (κ3) is 4.18. The number of nitrogens with zero attached hydrogens (tertiary/aromatic N) is 2. The van der Waals surface area contributed by atoms with E-state index in [1.807, 2.05) is 35.8 Å². The number of ether oxygens (including phenoxy) is 2. The number of hydrogen-bond acceptors (Lipinski definition) is 7. The molecule has 1 aliphatic heterocycles. The first-order chi connectivity index (χ1) is 16.5. The maximum Gasteiger partial charge on any atom is 0.261 e. The minimum absolute atomic E-state index is 0.0268. The van der Waals surface area contributed by atoms with Gasteiger partial charge in [0.2, 0.25) is 10.0 Å². The van der Waals surface area contributed by atoms with Crippen molar-refractivity contribution in [1.82, 2.24) is 14.3 Å². The van der Waals surface area contributed by atoms with Crippen LogP contribution in [0.2, 0.25) is 0 Å². The lowest BCUT2D eigenvalue weighted by atomic mass is 10.1. The van der Waals surface area contributed by atoms with Crippen LogP contribution in [-0.2, 0) is 14.8 Å². The third-order valence-corrected chi connectivity index (χ3v) is 8.27. The van der Waals surface area contributed by atoms with Gasteiger partial charge in [-0.1, -0.05) is 18.2 Å². The molecule has 0 spiro atoms. The fourth-order valence-corrected chi connectivity index (χ4v) is 6.00. The molecule has 1 saturated heterocycles. The van der Waals surface area contributed by atoms with E-state index in [1.54, 1.807) is 0 Å². The molecule has 0 atom stereocenters. The first-order valence-corrected chi connectivity index (χ1v) is 12.9. The molecule has 34 heavy (non-hydrogen) atoms. The first-order valence-electron chi connectivity index (χ1n) is 10.6. The number of nitrogens with one attached hydrogen (secondary N) is 2. The van der Waals surface area contributed by atoms with Crippen LogP contribution in [0.25, 0.3) is 22.2 Å². The number of para-hydroxylation sites is 1. The molecule has 1 amide bonds. The zero-order valence-electron chi connectivity index (χ0n) is 18.3. The number of rotatable bonds is 6. The average Bonchev–Trinajstić information content (AvgIpc) is 3.51. The van der Waals surface area contributed by atoms with Gasteiger partial charge < -0.3 is 14.5 Å². The van der Waals surface area contributed by atoms with Gasteiger partial charge in [0.1, 0.15) is 5.75 Å². The van der Waals surface area contributed by atoms with E-state index < -0.39 is 15.9 Å². The Morgan fingerprint density at radius 2 is 2.00 bits per heavy atom. The predicted octanol–water partition coefficient (Wildman–Crippen LogP) is 3.57. The number of carbonyl (C=O) groups is 1. The molecule has 9 nitrogen and oxygen atoms in total. The summed E-state index contributed by atoms with van der Waals surface area (Å²) >= 11 is 1.29. The Labute approximate surface area is 200 Å². The summed E-state index contributed by atoms with van der Waals surface area (Å²) in [6, 6.07) is 12.2. The first kappa shape index (κ1) is 22.5. The van der Waals surface area contributed by atoms with Crippen molar-refractivity contribution in [3.8, 4) is 17.0 Å². The second-order valence-corrected chi connectivity index (χ2v) is 10.4. The maximum atomic E-state index is 13.1. The monoisotopic (exact) mass is 498 g/mol. The lowest BCUT2D eigenvalue weighted by Gasteiger charge is -2.26. The number of aromatic amines is 1. The normalized spacial score (nSPS) is 14.9. The minimum Gasteiger partial charge on any atom is -0.496 e. The van der Waals surface area contributed by atoms with E-state index in [4.69, 9.17) is 9.47 Å². The van der Waals surface area contributed by atoms with Crippen molar-refractivity contribution in [3.63, 3.8) is 0 Å². The van der Waals surface area contributed by atoms with Gasteiger partial charge in [0, 0.05) is 41.1 Å². The molecule has 0 unspecified atom stereocenters. The van der Waals surface area contributed by atoms with Gasteiger partial charge in [0.25, 0.3) is 5.91 Å². The Bertz CT molecular complexity index is 1460. The molecule has 1 fully saturated rings. The van der Waals surface area contributed by atoms with Crippen LogP contribution < -0.4 is 10.1 Å². The lowest BCUT2D eigenvalue weighted by Crippen LogP contribution is -2.40. The quantitative estimate of drug-likeness (QED) is 0.420. The Balaban J connectivity index is 1.41. The van der Waals surface area contributed by atoms with Crippen molar-refractivity contribution in [2.24, 2.45) is 0 Å². The van der Waals surface area contributed by atoms with Crippen molar-refractivity contribution in [2.75, 3.05) is 38.7 Å². The molecule has 2 N–H and O–H groups in total. The van der Waals surface area contributed by atoms with E-state index in [0.29, 0.717) is 18.3 Å². The molecule has 176 valence electrons. The number of hydrogen-bond donors (Lipinski definition) is 2. The number of sulfonamides is 1. The summed E-state index contributed by atoms with van der Waals surface area (Å²) in [5.41, 5.74) is 2.77. The minimum atomic E-state index is -3.76. The van der Waals surface area contributed by atoms with Crippen LogP contribution in [0.1, 0.15) is 10.4 Å². The van der Waals surface area contributed by atoms with Crippen LogP contribution in [-0.4, -0.2) is 62.0 Å². The summed E-state index contributed by atoms with van der Waals surface area (Å²) < 4.78 is 38.0. The van der Waals surface area contributed by atoms with Crippen molar-refractivity contribution < 1.29 is 22.7 Å². The van der Waals surface area contributed by atoms with Gasteiger partial charge >= 0.3 is 0 Å². The average molecular weight is 499 g/mol. The van der Waals surface area contributed by atoms with Crippen LogP contribution in [0.15, 0.2) is 58.9 Å². The Kier molecular flexibility index (Phi) is 6.09. The molecule has 11 heteroatoms. The largest absolute Gasteiger partial charge is 0.496 e. The van der Waals surface area contributed by atoms with E-state index >= 15 is 0 Å². The Morgan fingerprint density at radius 3 is 2.79 bits per heavy atom. The second-order valence-electron chi connectivity index (χ2n) is 7.62. The SMILES string of the molecule is COc1ccc(S(=O)(=O)N2CCOCC2)cc1C(=O)Nc1nc(-c2c[nH]c3ccccc23)cs1. The highest BCUT2D eigenvalue weighted by atomic mass is 32.2. The van der Waals surface area contributed by atoms with Gasteiger partial charge in [-0.05, 0) is 24.3 Å². The Morgan fingerprint density at radius 1 is 1.21 bits per heavy atom. The van der Waals surface area contributed by atoms with Crippen molar-refractivity contribution in [1.29, 1.82) is 0 Å². The summed E-state index contributed by atoms with van der Waals surface area (Å²) in [6.45, 7) is 1.22. The number of thiazole rings is 1. The molecule has 0 saturated carbocycles. The Hall–Kier alpha value is -3.25. The number of carbonyl (C=O) groups excluding carboxylic acids is 1. The molecular weight excluding hydrogens is 476 g/mol. The number of amides is 1. The van der Waals surface area contributed by atoms with Crippen LogP contribution in [0.4, 0.5) is 5.13 Å². The number of fused-ring (bicyclic) bond motifs is 1. The molecule has 0 radical (unpaired) electrons. The van der Waals surface area contributed by atoms with Gasteiger partial charge in [-0.15, -0.1) is 11.3 Å². The molecule has 2 aromatic carbocycles. The number of H-pyrrole nitrogens is 1. The summed E-state index contributed by atoms with van der Waals surface area (Å²) in [4.78, 5) is 20.9. The molecular formula is C23H22N4O5S2. The van der Waals surface area contributed by atoms with Gasteiger partial charge in [0.15, 0.2) is 5.13 Å². The van der Waals surface area contributed by atoms with Crippen molar-refractivity contribution in [3.05, 3.63) is 59.6 Å². The van der Waals surface area contributed by atoms with Gasteiger partial charge in [-0.2, -0.15) is 4.31 Å². The highest BCUT2D eigenvalue weighted by Gasteiger charge is 2.28. The van der Waals surface area contributed by atoms with Gasteiger partial charge in [-0.25, -0.2) is 13.4 Å². The van der Waals surface area contributed by atoms with Crippen LogP contribution in [0.5, 0.6) is 5.75 Å². The fraction of sp³-hybridized carbons (Fsp3) is 0.217. The lowest BCUT2D eigenvalue weighted by molar-refractivity contribution is 0.0730. The van der Waals surface area contributed by atoms with E-state index in [1.165, 1.54) is 41.0 Å². The highest BCUT2D eigenvalue weighted by Crippen LogP contribution is 2.32. The molecule has 5 rings (SSSR count). The van der Waals surface area contributed by atoms with Crippen LogP contribution in [0.3, 0.4) is 0 Å². The number of morpholine rings is 1. The molecule has 1 aliphatic rings. The molecule has 3 heterocycles. The highest BCUT2D eigenvalue weighted by molar-refractivity contribution is 7.89. The van der Waals surface area contributed by atoms with E-state index in [2.05, 4.69) is 15.3 Å². The van der Waals surface area contributed by atoms with E-state index in [-0.39, 0.29) is 29.3 Å². The molecule has 2 aromatic heterocycles. The summed E-state index contributed by atoms with van der Waals surface area (Å²) in [6.07, 6.45) is 1.88. The zero-order chi connectivity index (χ0) is 23.7. The number of methoxy groups -OCH3 is 1. The van der Waals surface area contributed by atoms with E-state index in [9.17, 15) is 13.2 Å². The number of benzene rings is 2. The smallest absolute Gasteiger partial charge is 0.261 e. The fourth-order valence-electron chi connectivity index (χ4n) is 3.86. The number of aromatic nitrogens is 2. The van der Waals surface area contributed by atoms with E-state index in [0.717, 1.165) is 22.2 Å². The summed E-state index contributed by atoms with van der Waals surface area (Å²) in [7, 11) is -2.33. The summed E-state index contributed by atoms with van der Waals surface area (Å²) in [5.74, 6) is -0.234. The number of anilines is 1. The predicted molar refractivity (Wildman–Crippen MR) is 130 cm³/mol. The molecule has 0 aliphatic carbocycles. The van der Waals surface area contributed by atoms with Crippen LogP contribution in [0, 0.1) is 0 Å². The topological polar surface area (TPSA) is 114 Å². The second kappa shape index (κ2) is 9.18. The van der Waals surface area contributed by atoms with Crippen molar-refractivity contribution in [2.45, 2.75) is 4.90 Å². The molecule has 4 aromatic rings. The third-order valence-electron chi connectivity index (χ3n) is 5.61. The van der Waals surface area contributed by atoms with Crippen molar-refractivity contribution >= 4 is 43.3 Å². The molecule has 0 bridgehead atoms. The van der Waals surface area contributed by atoms with Crippen LogP contribution >= 0.6 is 11.3 Å². The zero-order valence-corrected chi connectivity index (χ0v) is 19.9. The standard InChI is InChI=1S/C23H22N4O5S2/c1-31-21-7-6-15(34(29,30)27-8-10-32-11-9-27)12-17(21)22(28)26-23-25-20(14-33-23)18-13-24-19-5-3-2-4-16(18)19/h2-7,12-14,24H,8-11H2,1H3,(H,25,26,28). The van der Waals surface area contributed by atoms with Gasteiger partial charge in [-0.3, -0.25) is 10.1 Å². The maximum absolute atomic E-state index is 13.1. The summed E-state index contributed by atoms with van der Waals surface area (Å²) in [5, 5.41) is 6.07. The van der Waals surface area contributed by atoms with Gasteiger partial charge in [0.05, 0.1) is 36.5 Å².